The van der Waals surface area contributed by atoms with Crippen molar-refractivity contribution < 1.29 is 8.42 Å². The summed E-state index contributed by atoms with van der Waals surface area (Å²) in [5.74, 6) is 0. The minimum Gasteiger partial charge on any atom is -0.227 e. The topological polar surface area (TPSA) is 59.9 Å². The molecule has 10 heavy (non-hydrogen) atoms. The van der Waals surface area contributed by atoms with E-state index in [1.807, 2.05) is 0 Å². The molecule has 0 saturated carbocycles. The third-order valence-electron chi connectivity index (χ3n) is 0.874. The van der Waals surface area contributed by atoms with E-state index >= 15 is 0 Å². The Morgan fingerprint density at radius 3 is 2.10 bits per heavy atom. The van der Waals surface area contributed by atoms with E-state index in [0.29, 0.717) is 0 Å². The van der Waals surface area contributed by atoms with Gasteiger partial charge < -0.3 is 0 Å². The quantitative estimate of drug-likeness (QED) is 0.534. The molecule has 0 unspecified atom stereocenters. The van der Waals surface area contributed by atoms with Crippen molar-refractivity contribution in [2.45, 2.75) is 5.16 Å². The average Bonchev–Trinajstić information content (AvgIpc) is 1.88. The molecule has 54 valence electrons. The lowest BCUT2D eigenvalue weighted by Gasteiger charge is -1.91. The minimum absolute atomic E-state index is 0.130. The molecule has 0 spiro atoms. The standard InChI is InChI=1S/C5H6N2O2S/c1-10(8,9)5-6-3-2-4-7-5/h2-4H,1H3. The van der Waals surface area contributed by atoms with Crippen LogP contribution in [0.4, 0.5) is 0 Å². The molecule has 1 aromatic rings. The van der Waals surface area contributed by atoms with Gasteiger partial charge in [0.2, 0.25) is 15.0 Å². The van der Waals surface area contributed by atoms with E-state index in [1.54, 1.807) is 6.07 Å². The van der Waals surface area contributed by atoms with Crippen molar-refractivity contribution in [3.63, 3.8) is 0 Å². The summed E-state index contributed by atoms with van der Waals surface area (Å²) in [5.41, 5.74) is 0. The molecule has 0 aromatic carbocycles. The van der Waals surface area contributed by atoms with Crippen molar-refractivity contribution in [3.8, 4) is 0 Å². The van der Waals surface area contributed by atoms with Gasteiger partial charge in [0.05, 0.1) is 0 Å². The first-order valence-corrected chi connectivity index (χ1v) is 4.47. The average molecular weight is 158 g/mol. The van der Waals surface area contributed by atoms with Gasteiger partial charge in [0, 0.05) is 18.6 Å². The Labute approximate surface area is 58.9 Å². The van der Waals surface area contributed by atoms with Gasteiger partial charge in [-0.25, -0.2) is 18.4 Å². The van der Waals surface area contributed by atoms with Gasteiger partial charge in [0.15, 0.2) is 0 Å². The molecular weight excluding hydrogens is 152 g/mol. The zero-order valence-electron chi connectivity index (χ0n) is 5.35. The molecule has 0 aliphatic carbocycles. The van der Waals surface area contributed by atoms with E-state index < -0.39 is 9.84 Å². The summed E-state index contributed by atoms with van der Waals surface area (Å²) >= 11 is 0. The highest BCUT2D eigenvalue weighted by Crippen LogP contribution is 1.96. The van der Waals surface area contributed by atoms with Gasteiger partial charge in [-0.2, -0.15) is 0 Å². The van der Waals surface area contributed by atoms with E-state index in [0.717, 1.165) is 6.26 Å². The molecule has 0 bridgehead atoms. The predicted molar refractivity (Wildman–Crippen MR) is 35.1 cm³/mol. The molecule has 4 nitrogen and oxygen atoms in total. The first-order chi connectivity index (χ1) is 4.61. The smallest absolute Gasteiger partial charge is 0.227 e. The van der Waals surface area contributed by atoms with E-state index in [9.17, 15) is 8.42 Å². The molecule has 0 aliphatic heterocycles. The van der Waals surface area contributed by atoms with Crippen molar-refractivity contribution in [3.05, 3.63) is 18.5 Å². The van der Waals surface area contributed by atoms with Crippen LogP contribution in [0, 0.1) is 0 Å². The van der Waals surface area contributed by atoms with E-state index in [1.165, 1.54) is 12.4 Å². The summed E-state index contributed by atoms with van der Waals surface area (Å²) < 4.78 is 21.4. The lowest BCUT2D eigenvalue weighted by molar-refractivity contribution is 0.593. The Morgan fingerprint density at radius 2 is 1.80 bits per heavy atom. The Balaban J connectivity index is 3.22. The van der Waals surface area contributed by atoms with Gasteiger partial charge in [0.1, 0.15) is 0 Å². The van der Waals surface area contributed by atoms with Crippen LogP contribution >= 0.6 is 0 Å². The van der Waals surface area contributed by atoms with Crippen molar-refractivity contribution in [2.75, 3.05) is 6.26 Å². The Bertz CT molecular complexity index is 306. The van der Waals surface area contributed by atoms with E-state index in [2.05, 4.69) is 9.97 Å². The fourth-order valence-electron chi connectivity index (χ4n) is 0.477. The molecule has 0 aliphatic rings. The van der Waals surface area contributed by atoms with Crippen molar-refractivity contribution >= 4 is 9.84 Å². The number of aromatic nitrogens is 2. The number of rotatable bonds is 1. The van der Waals surface area contributed by atoms with Gasteiger partial charge in [-0.05, 0) is 6.07 Å². The molecular formula is C5H6N2O2S. The SMILES string of the molecule is CS(=O)(=O)c1ncccn1. The third-order valence-corrected chi connectivity index (χ3v) is 1.75. The van der Waals surface area contributed by atoms with E-state index in [-0.39, 0.29) is 5.16 Å². The summed E-state index contributed by atoms with van der Waals surface area (Å²) in [6, 6.07) is 1.56. The number of nitrogens with zero attached hydrogens (tertiary/aromatic N) is 2. The fourth-order valence-corrected chi connectivity index (χ4v) is 0.982. The maximum Gasteiger partial charge on any atom is 0.246 e. The summed E-state index contributed by atoms with van der Waals surface area (Å²) in [7, 11) is -3.23. The first kappa shape index (κ1) is 7.14. The number of hydrogen-bond donors (Lipinski definition) is 0. The van der Waals surface area contributed by atoms with Crippen LogP contribution < -0.4 is 0 Å². The molecule has 0 atom stereocenters. The monoisotopic (exact) mass is 158 g/mol. The molecule has 0 amide bonds. The molecule has 5 heteroatoms. The van der Waals surface area contributed by atoms with Crippen LogP contribution in [0.3, 0.4) is 0 Å². The van der Waals surface area contributed by atoms with Gasteiger partial charge in [-0.1, -0.05) is 0 Å². The van der Waals surface area contributed by atoms with E-state index in [4.69, 9.17) is 0 Å². The van der Waals surface area contributed by atoms with Crippen LogP contribution in [-0.4, -0.2) is 24.6 Å². The highest BCUT2D eigenvalue weighted by atomic mass is 32.2. The van der Waals surface area contributed by atoms with Gasteiger partial charge >= 0.3 is 0 Å². The molecule has 0 fully saturated rings. The second-order valence-electron chi connectivity index (χ2n) is 1.80. The van der Waals surface area contributed by atoms with Crippen LogP contribution in [0.25, 0.3) is 0 Å². The fraction of sp³-hybridized carbons (Fsp3) is 0.200. The molecule has 0 N–H and O–H groups in total. The molecule has 1 rings (SSSR count). The first-order valence-electron chi connectivity index (χ1n) is 2.58. The second-order valence-corrected chi connectivity index (χ2v) is 3.71. The highest BCUT2D eigenvalue weighted by molar-refractivity contribution is 7.90. The Morgan fingerprint density at radius 1 is 1.30 bits per heavy atom. The highest BCUT2D eigenvalue weighted by Gasteiger charge is 2.07. The molecule has 0 radical (unpaired) electrons. The maximum atomic E-state index is 10.7. The predicted octanol–water partition coefficient (Wildman–Crippen LogP) is -0.120. The lowest BCUT2D eigenvalue weighted by Crippen LogP contribution is -2.02. The van der Waals surface area contributed by atoms with Crippen molar-refractivity contribution in [2.24, 2.45) is 0 Å². The second kappa shape index (κ2) is 2.34. The summed E-state index contributed by atoms with van der Waals surface area (Å²) in [4.78, 5) is 7.10. The Hall–Kier alpha value is -0.970. The van der Waals surface area contributed by atoms with Crippen LogP contribution in [0.15, 0.2) is 23.6 Å². The van der Waals surface area contributed by atoms with Crippen molar-refractivity contribution in [1.82, 2.24) is 9.97 Å². The zero-order chi connectivity index (χ0) is 7.61. The zero-order valence-corrected chi connectivity index (χ0v) is 6.17. The third kappa shape index (κ3) is 1.51. The largest absolute Gasteiger partial charge is 0.246 e. The molecule has 0 saturated heterocycles. The van der Waals surface area contributed by atoms with Crippen LogP contribution in [0.1, 0.15) is 0 Å². The maximum absolute atomic E-state index is 10.7. The summed E-state index contributed by atoms with van der Waals surface area (Å²) in [6.45, 7) is 0. The number of sulfone groups is 1. The summed E-state index contributed by atoms with van der Waals surface area (Å²) in [6.07, 6.45) is 3.86. The van der Waals surface area contributed by atoms with Gasteiger partial charge in [-0.3, -0.25) is 0 Å². The minimum atomic E-state index is -3.23. The summed E-state index contributed by atoms with van der Waals surface area (Å²) in [5, 5.41) is -0.130. The Kier molecular flexibility index (Phi) is 1.67. The number of hydrogen-bond acceptors (Lipinski definition) is 4. The van der Waals surface area contributed by atoms with Gasteiger partial charge in [-0.15, -0.1) is 0 Å². The van der Waals surface area contributed by atoms with Crippen LogP contribution in [-0.2, 0) is 9.84 Å². The van der Waals surface area contributed by atoms with Crippen LogP contribution in [0.5, 0.6) is 0 Å². The molecule has 1 heterocycles. The normalized spacial score (nSPS) is 11.3. The lowest BCUT2D eigenvalue weighted by atomic mass is 10.7. The molecule has 1 aromatic heterocycles. The van der Waals surface area contributed by atoms with Crippen molar-refractivity contribution in [1.29, 1.82) is 0 Å². The van der Waals surface area contributed by atoms with Crippen LogP contribution in [0.2, 0.25) is 0 Å². The van der Waals surface area contributed by atoms with Gasteiger partial charge in [0.25, 0.3) is 0 Å².